The lowest BCUT2D eigenvalue weighted by Crippen LogP contribution is -2.27. The van der Waals surface area contributed by atoms with Crippen LogP contribution in [-0.2, 0) is 11.8 Å². The largest absolute Gasteiger partial charge is 0.0654 e. The number of rotatable bonds is 5. The molecule has 17 heavy (non-hydrogen) atoms. The second-order valence-electron chi connectivity index (χ2n) is 5.88. The van der Waals surface area contributed by atoms with Crippen LogP contribution in [0.5, 0.6) is 0 Å². The number of hydrogen-bond acceptors (Lipinski definition) is 0. The Kier molecular flexibility index (Phi) is 4.25. The fraction of sp³-hybridized carbons (Fsp3) is 0.647. The van der Waals surface area contributed by atoms with Crippen LogP contribution in [0.2, 0.25) is 0 Å². The number of unbranched alkanes of at least 4 members (excludes halogenated alkanes) is 3. The summed E-state index contributed by atoms with van der Waals surface area (Å²) in [5, 5.41) is 0. The van der Waals surface area contributed by atoms with Crippen LogP contribution in [0.25, 0.3) is 0 Å². The molecular formula is C17H26. The number of aryl methyl sites for hydroxylation is 1. The van der Waals surface area contributed by atoms with Gasteiger partial charge in [-0.05, 0) is 42.2 Å². The van der Waals surface area contributed by atoms with Gasteiger partial charge in [0.1, 0.15) is 0 Å². The Morgan fingerprint density at radius 1 is 1.12 bits per heavy atom. The molecule has 0 saturated heterocycles. The molecule has 0 spiro atoms. The Balaban J connectivity index is 2.05. The number of fused-ring (bicyclic) bond motifs is 1. The highest BCUT2D eigenvalue weighted by atomic mass is 14.3. The molecule has 0 aliphatic heterocycles. The molecule has 0 heteroatoms. The minimum absolute atomic E-state index is 0.461. The van der Waals surface area contributed by atoms with Gasteiger partial charge in [0.05, 0.1) is 0 Å². The Hall–Kier alpha value is -0.780. The summed E-state index contributed by atoms with van der Waals surface area (Å²) in [5.41, 5.74) is 3.71. The van der Waals surface area contributed by atoms with Crippen molar-refractivity contribution in [1.29, 1.82) is 0 Å². The maximum absolute atomic E-state index is 2.48. The van der Waals surface area contributed by atoms with E-state index < -0.39 is 0 Å². The zero-order chi connectivity index (χ0) is 12.1. The molecule has 1 aliphatic rings. The molecule has 0 radical (unpaired) electrons. The summed E-state index contributed by atoms with van der Waals surface area (Å²) in [6.07, 6.45) is 11.0. The Labute approximate surface area is 106 Å². The van der Waals surface area contributed by atoms with Gasteiger partial charge in [-0.25, -0.2) is 0 Å². The van der Waals surface area contributed by atoms with Crippen molar-refractivity contribution in [3.63, 3.8) is 0 Å². The molecule has 1 aromatic rings. The minimum atomic E-state index is 0.461. The fourth-order valence-electron chi connectivity index (χ4n) is 3.33. The SMILES string of the molecule is CCCCCCC1(C)CCCc2ccccc21. The molecule has 0 nitrogen and oxygen atoms in total. The monoisotopic (exact) mass is 230 g/mol. The van der Waals surface area contributed by atoms with Gasteiger partial charge in [-0.1, -0.05) is 63.8 Å². The maximum Gasteiger partial charge on any atom is -0.00724 e. The van der Waals surface area contributed by atoms with Gasteiger partial charge in [-0.15, -0.1) is 0 Å². The normalized spacial score (nSPS) is 23.4. The zero-order valence-corrected chi connectivity index (χ0v) is 11.5. The maximum atomic E-state index is 2.48. The lowest BCUT2D eigenvalue weighted by atomic mass is 9.68. The average molecular weight is 230 g/mol. The third-order valence-electron chi connectivity index (χ3n) is 4.42. The lowest BCUT2D eigenvalue weighted by molar-refractivity contribution is 0.351. The second kappa shape index (κ2) is 5.71. The summed E-state index contributed by atoms with van der Waals surface area (Å²) in [5.74, 6) is 0. The molecule has 0 heterocycles. The van der Waals surface area contributed by atoms with Gasteiger partial charge in [-0.2, -0.15) is 0 Å². The molecule has 0 amide bonds. The van der Waals surface area contributed by atoms with E-state index in [1.165, 1.54) is 51.4 Å². The van der Waals surface area contributed by atoms with Gasteiger partial charge < -0.3 is 0 Å². The van der Waals surface area contributed by atoms with Gasteiger partial charge in [-0.3, -0.25) is 0 Å². The van der Waals surface area contributed by atoms with Gasteiger partial charge in [0.15, 0.2) is 0 Å². The predicted octanol–water partition coefficient (Wildman–Crippen LogP) is 5.25. The van der Waals surface area contributed by atoms with E-state index in [1.807, 2.05) is 0 Å². The minimum Gasteiger partial charge on any atom is -0.0654 e. The van der Waals surface area contributed by atoms with E-state index in [0.29, 0.717) is 5.41 Å². The standard InChI is InChI=1S/C17H26/c1-3-4-5-8-13-17(2)14-9-11-15-10-6-7-12-16(15)17/h6-7,10,12H,3-5,8-9,11,13-14H2,1-2H3. The summed E-state index contributed by atoms with van der Waals surface area (Å²) in [6, 6.07) is 9.11. The molecule has 1 aromatic carbocycles. The number of benzene rings is 1. The van der Waals surface area contributed by atoms with Crippen molar-refractivity contribution in [3.05, 3.63) is 35.4 Å². The Morgan fingerprint density at radius 3 is 2.76 bits per heavy atom. The molecule has 1 unspecified atom stereocenters. The molecule has 2 rings (SSSR count). The molecule has 0 N–H and O–H groups in total. The Bertz CT molecular complexity index is 353. The molecule has 0 bridgehead atoms. The first-order valence-electron chi connectivity index (χ1n) is 7.35. The van der Waals surface area contributed by atoms with E-state index in [1.54, 1.807) is 11.1 Å². The van der Waals surface area contributed by atoms with Crippen molar-refractivity contribution in [2.45, 2.75) is 70.6 Å². The fourth-order valence-corrected chi connectivity index (χ4v) is 3.33. The molecule has 94 valence electrons. The zero-order valence-electron chi connectivity index (χ0n) is 11.5. The third-order valence-corrected chi connectivity index (χ3v) is 4.42. The van der Waals surface area contributed by atoms with Crippen LogP contribution in [0.4, 0.5) is 0 Å². The first-order chi connectivity index (χ1) is 8.26. The van der Waals surface area contributed by atoms with E-state index in [4.69, 9.17) is 0 Å². The van der Waals surface area contributed by atoms with Crippen molar-refractivity contribution in [2.24, 2.45) is 0 Å². The first kappa shape index (κ1) is 12.7. The van der Waals surface area contributed by atoms with Crippen molar-refractivity contribution >= 4 is 0 Å². The lowest BCUT2D eigenvalue weighted by Gasteiger charge is -2.36. The van der Waals surface area contributed by atoms with Crippen LogP contribution >= 0.6 is 0 Å². The van der Waals surface area contributed by atoms with E-state index in [-0.39, 0.29) is 0 Å². The van der Waals surface area contributed by atoms with Crippen LogP contribution in [-0.4, -0.2) is 0 Å². The molecule has 0 aromatic heterocycles. The van der Waals surface area contributed by atoms with E-state index in [0.717, 1.165) is 0 Å². The summed E-state index contributed by atoms with van der Waals surface area (Å²) in [4.78, 5) is 0. The van der Waals surface area contributed by atoms with E-state index in [9.17, 15) is 0 Å². The quantitative estimate of drug-likeness (QED) is 0.606. The predicted molar refractivity (Wildman–Crippen MR) is 75.5 cm³/mol. The molecule has 0 saturated carbocycles. The van der Waals surface area contributed by atoms with Gasteiger partial charge in [0, 0.05) is 0 Å². The highest BCUT2D eigenvalue weighted by molar-refractivity contribution is 5.36. The van der Waals surface area contributed by atoms with Crippen molar-refractivity contribution in [1.82, 2.24) is 0 Å². The van der Waals surface area contributed by atoms with Crippen molar-refractivity contribution in [2.75, 3.05) is 0 Å². The van der Waals surface area contributed by atoms with Crippen LogP contribution in [0, 0.1) is 0 Å². The average Bonchev–Trinajstić information content (AvgIpc) is 2.36. The van der Waals surface area contributed by atoms with Gasteiger partial charge in [0.2, 0.25) is 0 Å². The smallest absolute Gasteiger partial charge is 0.00724 e. The Morgan fingerprint density at radius 2 is 1.94 bits per heavy atom. The van der Waals surface area contributed by atoms with Crippen molar-refractivity contribution < 1.29 is 0 Å². The van der Waals surface area contributed by atoms with Crippen LogP contribution in [0.1, 0.15) is 69.9 Å². The van der Waals surface area contributed by atoms with Crippen LogP contribution in [0.3, 0.4) is 0 Å². The highest BCUT2D eigenvalue weighted by Gasteiger charge is 2.30. The summed E-state index contributed by atoms with van der Waals surface area (Å²) in [7, 11) is 0. The van der Waals surface area contributed by atoms with Crippen LogP contribution < -0.4 is 0 Å². The summed E-state index contributed by atoms with van der Waals surface area (Å²) in [6.45, 7) is 4.77. The van der Waals surface area contributed by atoms with Crippen molar-refractivity contribution in [3.8, 4) is 0 Å². The summed E-state index contributed by atoms with van der Waals surface area (Å²) >= 11 is 0. The highest BCUT2D eigenvalue weighted by Crippen LogP contribution is 2.40. The molecule has 0 fully saturated rings. The van der Waals surface area contributed by atoms with Gasteiger partial charge >= 0.3 is 0 Å². The molecule has 1 atom stereocenters. The van der Waals surface area contributed by atoms with Crippen LogP contribution in [0.15, 0.2) is 24.3 Å². The summed E-state index contributed by atoms with van der Waals surface area (Å²) < 4.78 is 0. The second-order valence-corrected chi connectivity index (χ2v) is 5.88. The third kappa shape index (κ3) is 2.91. The van der Waals surface area contributed by atoms with E-state index in [2.05, 4.69) is 38.1 Å². The van der Waals surface area contributed by atoms with Gasteiger partial charge in [0.25, 0.3) is 0 Å². The molecular weight excluding hydrogens is 204 g/mol. The topological polar surface area (TPSA) is 0 Å². The van der Waals surface area contributed by atoms with E-state index >= 15 is 0 Å². The number of hydrogen-bond donors (Lipinski definition) is 0. The first-order valence-corrected chi connectivity index (χ1v) is 7.35. The molecule has 1 aliphatic carbocycles.